The average molecular weight is 294 g/mol. The number of nitrogens with zero attached hydrogens (tertiary/aromatic N) is 1. The number of carbonyl (C=O) groups excluding carboxylic acids is 1. The van der Waals surface area contributed by atoms with Gasteiger partial charge in [-0.05, 0) is 38.0 Å². The minimum Gasteiger partial charge on any atom is -0.494 e. The Morgan fingerprint density at radius 3 is 2.76 bits per heavy atom. The lowest BCUT2D eigenvalue weighted by atomic mass is 10.1. The zero-order valence-corrected chi connectivity index (χ0v) is 12.9. The van der Waals surface area contributed by atoms with Crippen molar-refractivity contribution >= 4 is 5.91 Å². The Morgan fingerprint density at radius 1 is 1.43 bits per heavy atom. The molecule has 5 heteroatoms. The van der Waals surface area contributed by atoms with E-state index in [1.165, 1.54) is 13.2 Å². The lowest BCUT2D eigenvalue weighted by molar-refractivity contribution is -0.127. The highest BCUT2D eigenvalue weighted by molar-refractivity contribution is 5.78. The summed E-state index contributed by atoms with van der Waals surface area (Å²) in [6.07, 6.45) is 1.61. The number of hydrogen-bond donors (Lipinski definition) is 1. The maximum atomic E-state index is 13.7. The molecule has 2 rings (SSSR count). The molecule has 0 aliphatic carbocycles. The van der Waals surface area contributed by atoms with Gasteiger partial charge in [0, 0.05) is 31.6 Å². The van der Waals surface area contributed by atoms with Gasteiger partial charge in [0.25, 0.3) is 0 Å². The first-order valence-electron chi connectivity index (χ1n) is 7.38. The molecule has 2 atom stereocenters. The summed E-state index contributed by atoms with van der Waals surface area (Å²) in [6.45, 7) is 5.57. The van der Waals surface area contributed by atoms with Crippen LogP contribution in [0.5, 0.6) is 5.75 Å². The van der Waals surface area contributed by atoms with Crippen LogP contribution < -0.4 is 10.1 Å². The van der Waals surface area contributed by atoms with Crippen LogP contribution in [0.2, 0.25) is 0 Å². The van der Waals surface area contributed by atoms with Gasteiger partial charge in [0.1, 0.15) is 0 Å². The van der Waals surface area contributed by atoms with E-state index in [0.29, 0.717) is 13.0 Å². The van der Waals surface area contributed by atoms with Gasteiger partial charge in [-0.1, -0.05) is 6.07 Å². The summed E-state index contributed by atoms with van der Waals surface area (Å²) in [5.74, 6) is 0.125. The van der Waals surface area contributed by atoms with Crippen LogP contribution in [0.3, 0.4) is 0 Å². The summed E-state index contributed by atoms with van der Waals surface area (Å²) < 4.78 is 18.6. The van der Waals surface area contributed by atoms with Crippen molar-refractivity contribution in [3.8, 4) is 5.75 Å². The summed E-state index contributed by atoms with van der Waals surface area (Å²) in [7, 11) is 1.45. The van der Waals surface area contributed by atoms with Crippen molar-refractivity contribution in [1.82, 2.24) is 10.2 Å². The predicted molar refractivity (Wildman–Crippen MR) is 79.8 cm³/mol. The number of benzene rings is 1. The van der Waals surface area contributed by atoms with E-state index >= 15 is 0 Å². The molecule has 1 aliphatic rings. The predicted octanol–water partition coefficient (Wildman–Crippen LogP) is 2.50. The van der Waals surface area contributed by atoms with Gasteiger partial charge in [-0.15, -0.1) is 0 Å². The molecule has 1 aromatic rings. The maximum absolute atomic E-state index is 13.7. The highest BCUT2D eigenvalue weighted by Crippen LogP contribution is 2.22. The smallest absolute Gasteiger partial charge is 0.222 e. The fourth-order valence-electron chi connectivity index (χ4n) is 2.76. The molecular formula is C16H23FN2O2. The van der Waals surface area contributed by atoms with E-state index in [1.807, 2.05) is 24.8 Å². The Hall–Kier alpha value is -1.62. The van der Waals surface area contributed by atoms with Gasteiger partial charge in [0.05, 0.1) is 7.11 Å². The zero-order chi connectivity index (χ0) is 15.4. The summed E-state index contributed by atoms with van der Waals surface area (Å²) in [4.78, 5) is 13.5. The Labute approximate surface area is 125 Å². The van der Waals surface area contributed by atoms with Crippen molar-refractivity contribution in [2.24, 2.45) is 0 Å². The quantitative estimate of drug-likeness (QED) is 0.876. The van der Waals surface area contributed by atoms with Crippen LogP contribution in [0.1, 0.15) is 38.3 Å². The van der Waals surface area contributed by atoms with Gasteiger partial charge in [-0.2, -0.15) is 0 Å². The molecule has 1 fully saturated rings. The number of methoxy groups -OCH3 is 1. The fraction of sp³-hybridized carbons (Fsp3) is 0.562. The summed E-state index contributed by atoms with van der Waals surface area (Å²) >= 11 is 0. The standard InChI is InChI=1S/C16H23FN2O2/c1-11(10-19-8-4-5-16(19)20)18-12(2)13-6-7-15(21-3)14(17)9-13/h6-7,9,11-12,18H,4-5,8,10H2,1-3H3. The monoisotopic (exact) mass is 294 g/mol. The molecule has 1 aromatic carbocycles. The van der Waals surface area contributed by atoms with E-state index < -0.39 is 0 Å². The van der Waals surface area contributed by atoms with Crippen molar-refractivity contribution in [1.29, 1.82) is 0 Å². The largest absolute Gasteiger partial charge is 0.494 e. The van der Waals surface area contributed by atoms with Crippen molar-refractivity contribution in [2.45, 2.75) is 38.8 Å². The van der Waals surface area contributed by atoms with Crippen molar-refractivity contribution < 1.29 is 13.9 Å². The minimum absolute atomic E-state index is 0.0121. The molecule has 1 N–H and O–H groups in total. The first kappa shape index (κ1) is 15.8. The molecule has 1 heterocycles. The lowest BCUT2D eigenvalue weighted by Gasteiger charge is -2.25. The molecule has 0 radical (unpaired) electrons. The first-order chi connectivity index (χ1) is 10.0. The number of carbonyl (C=O) groups is 1. The number of ether oxygens (including phenoxy) is 1. The molecule has 0 bridgehead atoms. The molecular weight excluding hydrogens is 271 g/mol. The van der Waals surface area contributed by atoms with Gasteiger partial charge in [0.15, 0.2) is 11.6 Å². The van der Waals surface area contributed by atoms with E-state index in [2.05, 4.69) is 5.32 Å². The maximum Gasteiger partial charge on any atom is 0.222 e. The van der Waals surface area contributed by atoms with Crippen molar-refractivity contribution in [3.05, 3.63) is 29.6 Å². The van der Waals surface area contributed by atoms with E-state index in [-0.39, 0.29) is 29.6 Å². The number of rotatable bonds is 6. The zero-order valence-electron chi connectivity index (χ0n) is 12.9. The molecule has 1 aliphatic heterocycles. The number of amides is 1. The van der Waals surface area contributed by atoms with Gasteiger partial charge in [0.2, 0.25) is 5.91 Å². The Morgan fingerprint density at radius 2 is 2.19 bits per heavy atom. The Kier molecular flexibility index (Phi) is 5.17. The molecule has 1 amide bonds. The number of hydrogen-bond acceptors (Lipinski definition) is 3. The SMILES string of the molecule is COc1ccc(C(C)NC(C)CN2CCCC2=O)cc1F. The van der Waals surface area contributed by atoms with Crippen LogP contribution in [-0.4, -0.2) is 37.0 Å². The highest BCUT2D eigenvalue weighted by Gasteiger charge is 2.22. The van der Waals surface area contributed by atoms with Gasteiger partial charge >= 0.3 is 0 Å². The topological polar surface area (TPSA) is 41.6 Å². The first-order valence-corrected chi connectivity index (χ1v) is 7.38. The van der Waals surface area contributed by atoms with Crippen LogP contribution in [0.25, 0.3) is 0 Å². The molecule has 0 spiro atoms. The lowest BCUT2D eigenvalue weighted by Crippen LogP contribution is -2.40. The third-order valence-corrected chi connectivity index (χ3v) is 3.88. The van der Waals surface area contributed by atoms with Crippen molar-refractivity contribution in [3.63, 3.8) is 0 Å². The van der Waals surface area contributed by atoms with Gasteiger partial charge < -0.3 is 15.0 Å². The van der Waals surface area contributed by atoms with E-state index in [4.69, 9.17) is 4.74 Å². The summed E-state index contributed by atoms with van der Waals surface area (Å²) in [6, 6.07) is 5.15. The van der Waals surface area contributed by atoms with E-state index in [9.17, 15) is 9.18 Å². The summed E-state index contributed by atoms with van der Waals surface area (Å²) in [5.41, 5.74) is 0.868. The Balaban J connectivity index is 1.92. The Bertz CT molecular complexity index is 507. The second kappa shape index (κ2) is 6.89. The van der Waals surface area contributed by atoms with Crippen LogP contribution >= 0.6 is 0 Å². The molecule has 0 saturated carbocycles. The third kappa shape index (κ3) is 3.94. The molecule has 21 heavy (non-hydrogen) atoms. The van der Waals surface area contributed by atoms with Gasteiger partial charge in [-0.3, -0.25) is 4.79 Å². The van der Waals surface area contributed by atoms with E-state index in [1.54, 1.807) is 6.07 Å². The number of likely N-dealkylation sites (tertiary alicyclic amines) is 1. The normalized spacial score (nSPS) is 17.9. The van der Waals surface area contributed by atoms with Crippen LogP contribution in [0.4, 0.5) is 4.39 Å². The van der Waals surface area contributed by atoms with Crippen molar-refractivity contribution in [2.75, 3.05) is 20.2 Å². The molecule has 116 valence electrons. The number of halogens is 1. The number of nitrogens with one attached hydrogen (secondary N) is 1. The van der Waals surface area contributed by atoms with Gasteiger partial charge in [-0.25, -0.2) is 4.39 Å². The summed E-state index contributed by atoms with van der Waals surface area (Å²) in [5, 5.41) is 3.41. The average Bonchev–Trinajstić information content (AvgIpc) is 2.84. The van der Waals surface area contributed by atoms with E-state index in [0.717, 1.165) is 18.5 Å². The van der Waals surface area contributed by atoms with Crippen LogP contribution in [-0.2, 0) is 4.79 Å². The van der Waals surface area contributed by atoms with Crippen LogP contribution in [0, 0.1) is 5.82 Å². The highest BCUT2D eigenvalue weighted by atomic mass is 19.1. The molecule has 4 nitrogen and oxygen atoms in total. The molecule has 1 saturated heterocycles. The molecule has 0 aromatic heterocycles. The second-order valence-electron chi connectivity index (χ2n) is 5.63. The minimum atomic E-state index is -0.356. The third-order valence-electron chi connectivity index (χ3n) is 3.88. The molecule has 2 unspecified atom stereocenters. The van der Waals surface area contributed by atoms with Crippen LogP contribution in [0.15, 0.2) is 18.2 Å². The second-order valence-corrected chi connectivity index (χ2v) is 5.63. The fourth-order valence-corrected chi connectivity index (χ4v) is 2.76.